The van der Waals surface area contributed by atoms with E-state index in [1.807, 2.05) is 12.1 Å². The van der Waals surface area contributed by atoms with Gasteiger partial charge in [0.2, 0.25) is 5.89 Å². The Morgan fingerprint density at radius 1 is 1.21 bits per heavy atom. The Labute approximate surface area is 171 Å². The summed E-state index contributed by atoms with van der Waals surface area (Å²) in [5.74, 6) is 1.60. The van der Waals surface area contributed by atoms with E-state index < -0.39 is 0 Å². The largest absolute Gasteiger partial charge is 0.444 e. The molecule has 6 heteroatoms. The van der Waals surface area contributed by atoms with E-state index in [1.54, 1.807) is 17.6 Å². The second-order valence-electron chi connectivity index (χ2n) is 6.75. The van der Waals surface area contributed by atoms with E-state index in [0.29, 0.717) is 12.4 Å². The monoisotopic (exact) mass is 396 g/mol. The Hall–Kier alpha value is -2.60. The lowest BCUT2D eigenvalue weighted by Crippen LogP contribution is -2.40. The van der Waals surface area contributed by atoms with Crippen molar-refractivity contribution in [2.45, 2.75) is 26.7 Å². The van der Waals surface area contributed by atoms with Crippen molar-refractivity contribution >= 4 is 17.3 Å². The van der Waals surface area contributed by atoms with Crippen molar-refractivity contribution in [1.82, 2.24) is 15.2 Å². The Morgan fingerprint density at radius 3 is 2.75 bits per heavy atom. The lowest BCUT2D eigenvalue weighted by molar-refractivity contribution is 0.487. The molecule has 0 spiro atoms. The molecule has 148 valence electrons. The van der Waals surface area contributed by atoms with Crippen LogP contribution >= 0.6 is 11.3 Å². The molecule has 3 aromatic rings. The maximum absolute atomic E-state index is 5.64. The lowest BCUT2D eigenvalue weighted by Gasteiger charge is -2.21. The number of nitrogens with one attached hydrogen (secondary N) is 1. The summed E-state index contributed by atoms with van der Waals surface area (Å²) >= 11 is 1.80. The second-order valence-corrected chi connectivity index (χ2v) is 7.78. The fraction of sp³-hybridized carbons (Fsp3) is 0.364. The van der Waals surface area contributed by atoms with Gasteiger partial charge in [0, 0.05) is 43.5 Å². The van der Waals surface area contributed by atoms with Crippen LogP contribution in [0.15, 0.2) is 57.5 Å². The smallest absolute Gasteiger partial charge is 0.226 e. The van der Waals surface area contributed by atoms with Crippen LogP contribution in [0.5, 0.6) is 0 Å². The van der Waals surface area contributed by atoms with Crippen molar-refractivity contribution in [1.29, 1.82) is 0 Å². The van der Waals surface area contributed by atoms with Crippen LogP contribution in [0.4, 0.5) is 0 Å². The molecule has 0 saturated heterocycles. The Morgan fingerprint density at radius 2 is 2.04 bits per heavy atom. The average Bonchev–Trinajstić information content (AvgIpc) is 3.38. The summed E-state index contributed by atoms with van der Waals surface area (Å²) in [6.45, 7) is 6.62. The predicted octanol–water partition coefficient (Wildman–Crippen LogP) is 4.39. The lowest BCUT2D eigenvalue weighted by atomic mass is 10.1. The summed E-state index contributed by atoms with van der Waals surface area (Å²) in [6, 6.07) is 12.5. The first kappa shape index (κ1) is 20.1. The molecule has 5 nitrogen and oxygen atoms in total. The highest BCUT2D eigenvalue weighted by atomic mass is 32.1. The fourth-order valence-corrected chi connectivity index (χ4v) is 3.53. The number of oxazole rings is 1. The first-order valence-electron chi connectivity index (χ1n) is 9.69. The van der Waals surface area contributed by atoms with Crippen LogP contribution in [0.3, 0.4) is 0 Å². The van der Waals surface area contributed by atoms with Gasteiger partial charge in [-0.05, 0) is 43.8 Å². The number of guanidine groups is 1. The standard InChI is InChI=1S/C22H28N4OS/c1-4-23-22(26(3)14-12-20-6-5-15-28-20)24-13-11-19-16-27-21(25-19)18-9-7-17(2)8-10-18/h5-10,15-16H,4,11-14H2,1-3H3,(H,23,24). The zero-order valence-electron chi connectivity index (χ0n) is 16.8. The number of aliphatic imine (C=N–C) groups is 1. The van der Waals surface area contributed by atoms with E-state index >= 15 is 0 Å². The molecule has 0 saturated carbocycles. The molecule has 28 heavy (non-hydrogen) atoms. The molecule has 0 unspecified atom stereocenters. The normalized spacial score (nSPS) is 11.6. The topological polar surface area (TPSA) is 53.7 Å². The molecule has 0 amide bonds. The van der Waals surface area contributed by atoms with Gasteiger partial charge in [0.1, 0.15) is 6.26 Å². The summed E-state index contributed by atoms with van der Waals surface area (Å²) in [4.78, 5) is 12.9. The molecule has 2 aromatic heterocycles. The van der Waals surface area contributed by atoms with E-state index in [1.165, 1.54) is 10.4 Å². The van der Waals surface area contributed by atoms with Gasteiger partial charge < -0.3 is 14.6 Å². The summed E-state index contributed by atoms with van der Waals surface area (Å²) in [7, 11) is 2.08. The van der Waals surface area contributed by atoms with E-state index in [-0.39, 0.29) is 0 Å². The molecule has 0 aliphatic heterocycles. The first-order chi connectivity index (χ1) is 13.7. The minimum atomic E-state index is 0.666. The van der Waals surface area contributed by atoms with E-state index in [9.17, 15) is 0 Å². The number of nitrogens with zero attached hydrogens (tertiary/aromatic N) is 3. The van der Waals surface area contributed by atoms with E-state index in [4.69, 9.17) is 9.41 Å². The maximum atomic E-state index is 5.64. The summed E-state index contributed by atoms with van der Waals surface area (Å²) in [6.07, 6.45) is 3.52. The number of rotatable bonds is 8. The number of aromatic nitrogens is 1. The average molecular weight is 397 g/mol. The van der Waals surface area contributed by atoms with E-state index in [2.05, 4.69) is 65.7 Å². The Balaban J connectivity index is 1.55. The molecule has 0 bridgehead atoms. The van der Waals surface area contributed by atoms with Gasteiger partial charge in [-0.3, -0.25) is 4.99 Å². The highest BCUT2D eigenvalue weighted by molar-refractivity contribution is 7.09. The number of thiophene rings is 1. The summed E-state index contributed by atoms with van der Waals surface area (Å²) < 4.78 is 5.64. The predicted molar refractivity (Wildman–Crippen MR) is 117 cm³/mol. The van der Waals surface area contributed by atoms with Gasteiger partial charge in [0.15, 0.2) is 5.96 Å². The number of likely N-dealkylation sites (N-methyl/N-ethyl adjacent to an activating group) is 1. The molecule has 0 aliphatic rings. The van der Waals surface area contributed by atoms with Gasteiger partial charge in [-0.25, -0.2) is 4.98 Å². The quantitative estimate of drug-likeness (QED) is 0.453. The van der Waals surface area contributed by atoms with Crippen LogP contribution in [-0.2, 0) is 12.8 Å². The van der Waals surface area contributed by atoms with Crippen LogP contribution in [0.1, 0.15) is 23.1 Å². The molecule has 0 atom stereocenters. The van der Waals surface area contributed by atoms with Crippen molar-refractivity contribution in [2.24, 2.45) is 4.99 Å². The van der Waals surface area contributed by atoms with Gasteiger partial charge in [-0.2, -0.15) is 0 Å². The van der Waals surface area contributed by atoms with Gasteiger partial charge in [-0.15, -0.1) is 11.3 Å². The molecule has 0 fully saturated rings. The summed E-state index contributed by atoms with van der Waals surface area (Å²) in [5.41, 5.74) is 3.16. The molecule has 2 heterocycles. The molecule has 0 aliphatic carbocycles. The fourth-order valence-electron chi connectivity index (χ4n) is 2.84. The Kier molecular flexibility index (Phi) is 7.25. The number of hydrogen-bond donors (Lipinski definition) is 1. The molecule has 0 radical (unpaired) electrons. The van der Waals surface area contributed by atoms with Crippen LogP contribution in [0, 0.1) is 6.92 Å². The van der Waals surface area contributed by atoms with Crippen molar-refractivity contribution < 1.29 is 4.42 Å². The first-order valence-corrected chi connectivity index (χ1v) is 10.6. The number of benzene rings is 1. The third-order valence-electron chi connectivity index (χ3n) is 4.45. The SMILES string of the molecule is CCNC(=NCCc1coc(-c2ccc(C)cc2)n1)N(C)CCc1cccs1. The van der Waals surface area contributed by atoms with Crippen LogP contribution < -0.4 is 5.32 Å². The van der Waals surface area contributed by atoms with Crippen molar-refractivity contribution in [3.05, 3.63) is 64.2 Å². The number of aryl methyl sites for hydroxylation is 1. The third kappa shape index (κ3) is 5.70. The highest BCUT2D eigenvalue weighted by Crippen LogP contribution is 2.19. The zero-order chi connectivity index (χ0) is 19.8. The minimum absolute atomic E-state index is 0.666. The molecular formula is C22H28N4OS. The van der Waals surface area contributed by atoms with Crippen LogP contribution in [-0.4, -0.2) is 42.5 Å². The van der Waals surface area contributed by atoms with Crippen molar-refractivity contribution in [3.63, 3.8) is 0 Å². The van der Waals surface area contributed by atoms with Gasteiger partial charge >= 0.3 is 0 Å². The molecule has 1 N–H and O–H groups in total. The molecule has 3 rings (SSSR count). The van der Waals surface area contributed by atoms with Crippen LogP contribution in [0.25, 0.3) is 11.5 Å². The second kappa shape index (κ2) is 10.1. The summed E-state index contributed by atoms with van der Waals surface area (Å²) in [5, 5.41) is 5.49. The van der Waals surface area contributed by atoms with Crippen LogP contribution in [0.2, 0.25) is 0 Å². The zero-order valence-corrected chi connectivity index (χ0v) is 17.6. The number of hydrogen-bond acceptors (Lipinski definition) is 4. The van der Waals surface area contributed by atoms with Crippen molar-refractivity contribution in [3.8, 4) is 11.5 Å². The maximum Gasteiger partial charge on any atom is 0.226 e. The Bertz CT molecular complexity index is 868. The minimum Gasteiger partial charge on any atom is -0.444 e. The van der Waals surface area contributed by atoms with Gasteiger partial charge in [-0.1, -0.05) is 23.8 Å². The third-order valence-corrected chi connectivity index (χ3v) is 5.39. The molecule has 1 aromatic carbocycles. The highest BCUT2D eigenvalue weighted by Gasteiger charge is 2.08. The van der Waals surface area contributed by atoms with Gasteiger partial charge in [0.25, 0.3) is 0 Å². The van der Waals surface area contributed by atoms with Gasteiger partial charge in [0.05, 0.1) is 5.69 Å². The van der Waals surface area contributed by atoms with E-state index in [0.717, 1.165) is 43.1 Å². The van der Waals surface area contributed by atoms with Crippen molar-refractivity contribution in [2.75, 3.05) is 26.7 Å². The molecular weight excluding hydrogens is 368 g/mol.